The lowest BCUT2D eigenvalue weighted by Crippen LogP contribution is -2.41. The third-order valence-electron chi connectivity index (χ3n) is 4.25. The van der Waals surface area contributed by atoms with Gasteiger partial charge in [-0.3, -0.25) is 0 Å². The third kappa shape index (κ3) is 3.24. The molecule has 2 fully saturated rings. The van der Waals surface area contributed by atoms with Crippen molar-refractivity contribution in [2.24, 2.45) is 5.92 Å². The lowest BCUT2D eigenvalue weighted by molar-refractivity contribution is 0.392. The Morgan fingerprint density at radius 1 is 1.11 bits per heavy atom. The van der Waals surface area contributed by atoms with Crippen molar-refractivity contribution in [2.45, 2.75) is 56.2 Å². The molecule has 0 spiro atoms. The van der Waals surface area contributed by atoms with Gasteiger partial charge in [0, 0.05) is 12.6 Å². The van der Waals surface area contributed by atoms with E-state index in [1.54, 1.807) is 0 Å². The molecule has 3 atom stereocenters. The molecule has 4 nitrogen and oxygen atoms in total. The molecule has 3 unspecified atom stereocenters. The van der Waals surface area contributed by atoms with E-state index in [0.29, 0.717) is 12.3 Å². The number of nitrogens with one attached hydrogen (secondary N) is 1. The molecule has 0 radical (unpaired) electrons. The molecule has 0 aromatic rings. The molecule has 18 heavy (non-hydrogen) atoms. The fourth-order valence-corrected chi connectivity index (χ4v) is 4.86. The smallest absolute Gasteiger partial charge is 0.154 e. The van der Waals surface area contributed by atoms with Crippen molar-refractivity contribution in [2.75, 3.05) is 12.3 Å². The van der Waals surface area contributed by atoms with Crippen LogP contribution in [0.15, 0.2) is 0 Å². The molecule has 1 aliphatic heterocycles. The fraction of sp³-hybridized carbons (Fsp3) is 0.923. The Kier molecular flexibility index (Phi) is 4.63. The number of sulfone groups is 1. The van der Waals surface area contributed by atoms with Crippen LogP contribution in [0.1, 0.15) is 44.9 Å². The van der Waals surface area contributed by atoms with Gasteiger partial charge in [0.25, 0.3) is 0 Å². The topological polar surface area (TPSA) is 70.0 Å². The molecule has 0 aromatic carbocycles. The molecule has 1 saturated heterocycles. The van der Waals surface area contributed by atoms with Gasteiger partial charge in [-0.1, -0.05) is 19.3 Å². The van der Waals surface area contributed by atoms with E-state index >= 15 is 0 Å². The van der Waals surface area contributed by atoms with Gasteiger partial charge in [-0.05, 0) is 25.7 Å². The van der Waals surface area contributed by atoms with Crippen LogP contribution in [0, 0.1) is 17.2 Å². The number of rotatable bonds is 3. The standard InChI is InChI=1S/C13H22N2O2S/c14-9-11-5-2-1-3-7-13(11)15-10-12-6-4-8-18(12,16)17/h11-13,15H,1-8,10H2. The van der Waals surface area contributed by atoms with Gasteiger partial charge in [0.15, 0.2) is 9.84 Å². The first-order valence-electron chi connectivity index (χ1n) is 6.98. The molecular weight excluding hydrogens is 248 g/mol. The van der Waals surface area contributed by atoms with Gasteiger partial charge in [-0.15, -0.1) is 0 Å². The van der Waals surface area contributed by atoms with E-state index in [-0.39, 0.29) is 17.2 Å². The largest absolute Gasteiger partial charge is 0.311 e. The van der Waals surface area contributed by atoms with Crippen molar-refractivity contribution >= 4 is 9.84 Å². The number of hydrogen-bond donors (Lipinski definition) is 1. The minimum atomic E-state index is -2.87. The van der Waals surface area contributed by atoms with Crippen LogP contribution < -0.4 is 5.32 Å². The van der Waals surface area contributed by atoms with E-state index in [2.05, 4.69) is 11.4 Å². The second-order valence-electron chi connectivity index (χ2n) is 5.52. The van der Waals surface area contributed by atoms with Gasteiger partial charge in [0.2, 0.25) is 0 Å². The van der Waals surface area contributed by atoms with Gasteiger partial charge >= 0.3 is 0 Å². The molecule has 5 heteroatoms. The van der Waals surface area contributed by atoms with Crippen LogP contribution in [0.25, 0.3) is 0 Å². The van der Waals surface area contributed by atoms with Crippen molar-refractivity contribution in [3.8, 4) is 6.07 Å². The molecule has 0 amide bonds. The summed E-state index contributed by atoms with van der Waals surface area (Å²) < 4.78 is 23.5. The fourth-order valence-electron chi connectivity index (χ4n) is 3.08. The SMILES string of the molecule is N#CC1CCCCCC1NCC1CCCS1(=O)=O. The Labute approximate surface area is 110 Å². The Balaban J connectivity index is 1.90. The molecule has 0 aromatic heterocycles. The zero-order valence-electron chi connectivity index (χ0n) is 10.8. The van der Waals surface area contributed by atoms with Crippen molar-refractivity contribution in [3.63, 3.8) is 0 Å². The second kappa shape index (κ2) is 6.03. The Morgan fingerprint density at radius 2 is 1.89 bits per heavy atom. The van der Waals surface area contributed by atoms with Crippen molar-refractivity contribution in [3.05, 3.63) is 0 Å². The lowest BCUT2D eigenvalue weighted by Gasteiger charge is -2.22. The minimum Gasteiger partial charge on any atom is -0.311 e. The van der Waals surface area contributed by atoms with E-state index in [1.807, 2.05) is 0 Å². The predicted octanol–water partition coefficient (Wildman–Crippen LogP) is 1.63. The molecule has 1 heterocycles. The summed E-state index contributed by atoms with van der Waals surface area (Å²) in [6, 6.07) is 2.57. The number of nitrogens with zero attached hydrogens (tertiary/aromatic N) is 1. The predicted molar refractivity (Wildman–Crippen MR) is 70.8 cm³/mol. The monoisotopic (exact) mass is 270 g/mol. The third-order valence-corrected chi connectivity index (χ3v) is 6.53. The lowest BCUT2D eigenvalue weighted by atomic mass is 9.96. The van der Waals surface area contributed by atoms with E-state index in [4.69, 9.17) is 0 Å². The second-order valence-corrected chi connectivity index (χ2v) is 7.92. The van der Waals surface area contributed by atoms with Crippen molar-refractivity contribution in [1.29, 1.82) is 5.26 Å². The van der Waals surface area contributed by atoms with Crippen LogP contribution in [0.5, 0.6) is 0 Å². The summed E-state index contributed by atoms with van der Waals surface area (Å²) in [4.78, 5) is 0. The summed E-state index contributed by atoms with van der Waals surface area (Å²) in [5.74, 6) is 0.391. The van der Waals surface area contributed by atoms with Crippen LogP contribution in [0.3, 0.4) is 0 Å². The molecule has 1 N–H and O–H groups in total. The maximum absolute atomic E-state index is 11.7. The van der Waals surface area contributed by atoms with Gasteiger partial charge in [0.1, 0.15) is 0 Å². The van der Waals surface area contributed by atoms with Crippen LogP contribution in [0.2, 0.25) is 0 Å². The highest BCUT2D eigenvalue weighted by Gasteiger charge is 2.32. The average molecular weight is 270 g/mol. The van der Waals surface area contributed by atoms with Crippen molar-refractivity contribution in [1.82, 2.24) is 5.32 Å². The average Bonchev–Trinajstić information content (AvgIpc) is 2.56. The molecule has 2 rings (SSSR count). The molecule has 1 aliphatic carbocycles. The zero-order chi connectivity index (χ0) is 13.0. The highest BCUT2D eigenvalue weighted by Crippen LogP contribution is 2.24. The highest BCUT2D eigenvalue weighted by atomic mass is 32.2. The van der Waals surface area contributed by atoms with Gasteiger partial charge in [-0.2, -0.15) is 5.26 Å². The van der Waals surface area contributed by atoms with E-state index in [1.165, 1.54) is 6.42 Å². The summed E-state index contributed by atoms with van der Waals surface area (Å²) in [5, 5.41) is 12.3. The van der Waals surface area contributed by atoms with E-state index < -0.39 is 9.84 Å². The number of nitriles is 1. The van der Waals surface area contributed by atoms with Gasteiger partial charge < -0.3 is 5.32 Å². The quantitative estimate of drug-likeness (QED) is 0.791. The van der Waals surface area contributed by atoms with E-state index in [0.717, 1.165) is 38.5 Å². The zero-order valence-corrected chi connectivity index (χ0v) is 11.6. The van der Waals surface area contributed by atoms with Crippen LogP contribution >= 0.6 is 0 Å². The first-order chi connectivity index (χ1) is 8.63. The summed E-state index contributed by atoms with van der Waals surface area (Å²) in [6.07, 6.45) is 6.99. The van der Waals surface area contributed by atoms with E-state index in [9.17, 15) is 13.7 Å². The molecular formula is C13H22N2O2S. The summed E-state index contributed by atoms with van der Waals surface area (Å²) in [7, 11) is -2.87. The molecule has 0 bridgehead atoms. The van der Waals surface area contributed by atoms with Crippen molar-refractivity contribution < 1.29 is 8.42 Å². The summed E-state index contributed by atoms with van der Waals surface area (Å²) in [6.45, 7) is 0.533. The maximum Gasteiger partial charge on any atom is 0.154 e. The Morgan fingerprint density at radius 3 is 2.56 bits per heavy atom. The number of hydrogen-bond acceptors (Lipinski definition) is 4. The summed E-state index contributed by atoms with van der Waals surface area (Å²) in [5.41, 5.74) is 0. The van der Waals surface area contributed by atoms with Crippen LogP contribution in [0.4, 0.5) is 0 Å². The summed E-state index contributed by atoms with van der Waals surface area (Å²) >= 11 is 0. The molecule has 2 aliphatic rings. The van der Waals surface area contributed by atoms with Crippen LogP contribution in [-0.2, 0) is 9.84 Å². The first kappa shape index (κ1) is 13.8. The normalized spacial score (nSPS) is 35.8. The molecule has 1 saturated carbocycles. The van der Waals surface area contributed by atoms with Gasteiger partial charge in [0.05, 0.1) is 23.0 Å². The van der Waals surface area contributed by atoms with Crippen LogP contribution in [-0.4, -0.2) is 32.0 Å². The molecule has 102 valence electrons. The highest BCUT2D eigenvalue weighted by molar-refractivity contribution is 7.92. The Bertz CT molecular complexity index is 413. The Hall–Kier alpha value is -0.600. The maximum atomic E-state index is 11.7. The minimum absolute atomic E-state index is 0.0524. The first-order valence-corrected chi connectivity index (χ1v) is 8.69. The van der Waals surface area contributed by atoms with Gasteiger partial charge in [-0.25, -0.2) is 8.42 Å².